The van der Waals surface area contributed by atoms with Crippen LogP contribution in [0.4, 0.5) is 0 Å². The molecule has 2 N–H and O–H groups in total. The summed E-state index contributed by atoms with van der Waals surface area (Å²) in [4.78, 5) is 28.5. The highest BCUT2D eigenvalue weighted by Gasteiger charge is 2.27. The molecule has 2 fully saturated rings. The number of halogens is 1. The van der Waals surface area contributed by atoms with Crippen LogP contribution in [0.2, 0.25) is 0 Å². The summed E-state index contributed by atoms with van der Waals surface area (Å²) in [5, 5.41) is 0. The van der Waals surface area contributed by atoms with Gasteiger partial charge in [0.05, 0.1) is 0 Å². The maximum absolute atomic E-state index is 12.6. The summed E-state index contributed by atoms with van der Waals surface area (Å²) in [6, 6.07) is 7.57. The number of amides is 2. The zero-order chi connectivity index (χ0) is 16.9. The molecule has 3 rings (SSSR count). The SMILES string of the molecule is Cl.NCc1ccc(C(=O)N2CCC(CN3CCCCC3=O)CC2)cc1. The van der Waals surface area contributed by atoms with E-state index in [1.165, 1.54) is 0 Å². The monoisotopic (exact) mass is 365 g/mol. The van der Waals surface area contributed by atoms with E-state index < -0.39 is 0 Å². The van der Waals surface area contributed by atoms with Gasteiger partial charge in [-0.05, 0) is 49.3 Å². The van der Waals surface area contributed by atoms with Crippen molar-refractivity contribution in [1.82, 2.24) is 9.80 Å². The first-order chi connectivity index (χ1) is 11.7. The van der Waals surface area contributed by atoms with E-state index >= 15 is 0 Å². The summed E-state index contributed by atoms with van der Waals surface area (Å²) >= 11 is 0. The number of nitrogens with zero attached hydrogens (tertiary/aromatic N) is 2. The third kappa shape index (κ3) is 4.95. The number of hydrogen-bond donors (Lipinski definition) is 1. The lowest BCUT2D eigenvalue weighted by molar-refractivity contribution is -0.134. The second-order valence-electron chi connectivity index (χ2n) is 6.93. The Labute approximate surface area is 155 Å². The van der Waals surface area contributed by atoms with Gasteiger partial charge in [-0.3, -0.25) is 9.59 Å². The van der Waals surface area contributed by atoms with Gasteiger partial charge in [-0.25, -0.2) is 0 Å². The van der Waals surface area contributed by atoms with Gasteiger partial charge >= 0.3 is 0 Å². The minimum absolute atomic E-state index is 0. The van der Waals surface area contributed by atoms with Crippen molar-refractivity contribution in [1.29, 1.82) is 0 Å². The number of benzene rings is 1. The van der Waals surface area contributed by atoms with E-state index in [1.807, 2.05) is 34.1 Å². The van der Waals surface area contributed by atoms with E-state index in [4.69, 9.17) is 5.73 Å². The first kappa shape index (κ1) is 19.7. The van der Waals surface area contributed by atoms with E-state index in [2.05, 4.69) is 0 Å². The first-order valence-electron chi connectivity index (χ1n) is 9.03. The van der Waals surface area contributed by atoms with Gasteiger partial charge < -0.3 is 15.5 Å². The molecule has 2 aliphatic heterocycles. The molecule has 0 bridgehead atoms. The largest absolute Gasteiger partial charge is 0.342 e. The fourth-order valence-electron chi connectivity index (χ4n) is 3.65. The topological polar surface area (TPSA) is 66.6 Å². The van der Waals surface area contributed by atoms with Crippen molar-refractivity contribution >= 4 is 24.2 Å². The molecule has 0 spiro atoms. The summed E-state index contributed by atoms with van der Waals surface area (Å²) in [6.07, 6.45) is 4.83. The summed E-state index contributed by atoms with van der Waals surface area (Å²) in [6.45, 7) is 3.83. The Hall–Kier alpha value is -1.59. The molecule has 138 valence electrons. The highest BCUT2D eigenvalue weighted by Crippen LogP contribution is 2.22. The minimum Gasteiger partial charge on any atom is -0.342 e. The normalized spacial score (nSPS) is 18.8. The molecule has 0 saturated carbocycles. The van der Waals surface area contributed by atoms with Crippen LogP contribution < -0.4 is 5.73 Å². The van der Waals surface area contributed by atoms with E-state index in [0.29, 0.717) is 24.8 Å². The lowest BCUT2D eigenvalue weighted by atomic mass is 9.94. The maximum atomic E-state index is 12.6. The molecule has 0 unspecified atom stereocenters. The van der Waals surface area contributed by atoms with Crippen LogP contribution in [0.5, 0.6) is 0 Å². The van der Waals surface area contributed by atoms with Crippen LogP contribution in [0.1, 0.15) is 48.0 Å². The predicted molar refractivity (Wildman–Crippen MR) is 101 cm³/mol. The molecule has 0 atom stereocenters. The Balaban J connectivity index is 0.00000225. The molecule has 2 heterocycles. The third-order valence-electron chi connectivity index (χ3n) is 5.24. The molecule has 0 aliphatic carbocycles. The van der Waals surface area contributed by atoms with Crippen LogP contribution in [0.15, 0.2) is 24.3 Å². The van der Waals surface area contributed by atoms with Crippen molar-refractivity contribution in [3.63, 3.8) is 0 Å². The van der Waals surface area contributed by atoms with Crippen LogP contribution in [0, 0.1) is 5.92 Å². The lowest BCUT2D eigenvalue weighted by Crippen LogP contribution is -2.44. The second kappa shape index (κ2) is 9.20. The van der Waals surface area contributed by atoms with Crippen LogP contribution in [-0.2, 0) is 11.3 Å². The number of rotatable bonds is 4. The molecule has 2 amide bonds. The lowest BCUT2D eigenvalue weighted by Gasteiger charge is -2.36. The summed E-state index contributed by atoms with van der Waals surface area (Å²) in [5.74, 6) is 0.932. The molecule has 0 radical (unpaired) electrons. The standard InChI is InChI=1S/C19H27N3O2.ClH/c20-13-15-4-6-17(7-5-15)19(24)21-11-8-16(9-12-21)14-22-10-2-1-3-18(22)23;/h4-7,16H,1-3,8-14,20H2;1H. The van der Waals surface area contributed by atoms with Crippen LogP contribution in [-0.4, -0.2) is 47.8 Å². The van der Waals surface area contributed by atoms with Gasteiger partial charge in [0.15, 0.2) is 0 Å². The van der Waals surface area contributed by atoms with E-state index in [0.717, 1.165) is 63.0 Å². The molecule has 5 nitrogen and oxygen atoms in total. The highest BCUT2D eigenvalue weighted by molar-refractivity contribution is 5.94. The molecular weight excluding hydrogens is 338 g/mol. The number of nitrogens with two attached hydrogens (primary N) is 1. The Morgan fingerprint density at radius 1 is 1.08 bits per heavy atom. The molecular formula is C19H28ClN3O2. The van der Waals surface area contributed by atoms with Gasteiger partial charge in [0.2, 0.25) is 5.91 Å². The van der Waals surface area contributed by atoms with Crippen molar-refractivity contribution < 1.29 is 9.59 Å². The van der Waals surface area contributed by atoms with Crippen LogP contribution >= 0.6 is 12.4 Å². The number of carbonyl (C=O) groups excluding carboxylic acids is 2. The van der Waals surface area contributed by atoms with Crippen LogP contribution in [0.25, 0.3) is 0 Å². The molecule has 6 heteroatoms. The summed E-state index contributed by atoms with van der Waals surface area (Å²) < 4.78 is 0. The molecule has 2 saturated heterocycles. The zero-order valence-electron chi connectivity index (χ0n) is 14.7. The average Bonchev–Trinajstić information content (AvgIpc) is 2.64. The number of likely N-dealkylation sites (tertiary alicyclic amines) is 2. The van der Waals surface area contributed by atoms with Gasteiger partial charge in [0.1, 0.15) is 0 Å². The molecule has 1 aromatic carbocycles. The fraction of sp³-hybridized carbons (Fsp3) is 0.579. The van der Waals surface area contributed by atoms with Crippen molar-refractivity contribution in [2.45, 2.75) is 38.6 Å². The van der Waals surface area contributed by atoms with E-state index in [1.54, 1.807) is 0 Å². The number of hydrogen-bond acceptors (Lipinski definition) is 3. The number of piperidine rings is 2. The molecule has 25 heavy (non-hydrogen) atoms. The average molecular weight is 366 g/mol. The minimum atomic E-state index is 0. The van der Waals surface area contributed by atoms with Gasteiger partial charge in [0, 0.05) is 44.7 Å². The number of carbonyl (C=O) groups is 2. The first-order valence-corrected chi connectivity index (χ1v) is 9.03. The zero-order valence-corrected chi connectivity index (χ0v) is 15.5. The van der Waals surface area contributed by atoms with Gasteiger partial charge in [0.25, 0.3) is 5.91 Å². The second-order valence-corrected chi connectivity index (χ2v) is 6.93. The smallest absolute Gasteiger partial charge is 0.253 e. The summed E-state index contributed by atoms with van der Waals surface area (Å²) in [7, 11) is 0. The highest BCUT2D eigenvalue weighted by atomic mass is 35.5. The van der Waals surface area contributed by atoms with Crippen molar-refractivity contribution in [2.75, 3.05) is 26.2 Å². The van der Waals surface area contributed by atoms with Gasteiger partial charge in [-0.1, -0.05) is 12.1 Å². The summed E-state index contributed by atoms with van der Waals surface area (Å²) in [5.41, 5.74) is 7.37. The quantitative estimate of drug-likeness (QED) is 0.891. The predicted octanol–water partition coefficient (Wildman–Crippen LogP) is 2.43. The molecule has 2 aliphatic rings. The Bertz CT molecular complexity index is 583. The van der Waals surface area contributed by atoms with E-state index in [9.17, 15) is 9.59 Å². The van der Waals surface area contributed by atoms with Crippen LogP contribution in [0.3, 0.4) is 0 Å². The Morgan fingerprint density at radius 2 is 1.76 bits per heavy atom. The molecule has 1 aromatic rings. The van der Waals surface area contributed by atoms with E-state index in [-0.39, 0.29) is 18.3 Å². The van der Waals surface area contributed by atoms with Crippen molar-refractivity contribution in [3.8, 4) is 0 Å². The van der Waals surface area contributed by atoms with Crippen molar-refractivity contribution in [3.05, 3.63) is 35.4 Å². The Kier molecular flexibility index (Phi) is 7.26. The maximum Gasteiger partial charge on any atom is 0.253 e. The van der Waals surface area contributed by atoms with Gasteiger partial charge in [-0.2, -0.15) is 0 Å². The Morgan fingerprint density at radius 3 is 2.36 bits per heavy atom. The van der Waals surface area contributed by atoms with Gasteiger partial charge in [-0.15, -0.1) is 12.4 Å². The fourth-order valence-corrected chi connectivity index (χ4v) is 3.65. The third-order valence-corrected chi connectivity index (χ3v) is 5.24. The van der Waals surface area contributed by atoms with Crippen molar-refractivity contribution in [2.24, 2.45) is 11.7 Å². The molecule has 0 aromatic heterocycles.